The number of carbonyl (C=O) groups is 1. The van der Waals surface area contributed by atoms with Crippen LogP contribution in [-0.4, -0.2) is 47.9 Å². The average Bonchev–Trinajstić information content (AvgIpc) is 2.40. The summed E-state index contributed by atoms with van der Waals surface area (Å²) in [5.41, 5.74) is 0. The van der Waals surface area contributed by atoms with E-state index in [1.807, 2.05) is 4.90 Å². The molecule has 0 saturated carbocycles. The van der Waals surface area contributed by atoms with E-state index >= 15 is 0 Å². The summed E-state index contributed by atoms with van der Waals surface area (Å²) in [6.07, 6.45) is 6.33. The summed E-state index contributed by atoms with van der Waals surface area (Å²) in [6.45, 7) is 6.00. The fourth-order valence-electron chi connectivity index (χ4n) is 2.90. The van der Waals surface area contributed by atoms with Crippen molar-refractivity contribution in [3.63, 3.8) is 0 Å². The molecule has 17 heavy (non-hydrogen) atoms. The van der Waals surface area contributed by atoms with Gasteiger partial charge in [-0.2, -0.15) is 0 Å². The first-order valence-electron chi connectivity index (χ1n) is 6.77. The molecule has 0 unspecified atom stereocenters. The molecule has 94 valence electrons. The van der Waals surface area contributed by atoms with Crippen LogP contribution in [0.25, 0.3) is 0 Å². The summed E-state index contributed by atoms with van der Waals surface area (Å²) in [4.78, 5) is 16.1. The molecule has 2 aliphatic rings. The van der Waals surface area contributed by atoms with Crippen LogP contribution in [0.1, 0.15) is 39.0 Å². The molecule has 0 bridgehead atoms. The van der Waals surface area contributed by atoms with E-state index in [0.717, 1.165) is 25.9 Å². The van der Waals surface area contributed by atoms with Crippen molar-refractivity contribution in [2.75, 3.05) is 26.2 Å². The molecule has 0 aliphatic carbocycles. The lowest BCUT2D eigenvalue weighted by molar-refractivity contribution is -0.126. The van der Waals surface area contributed by atoms with E-state index in [1.54, 1.807) is 6.92 Å². The Morgan fingerprint density at radius 3 is 2.29 bits per heavy atom. The van der Waals surface area contributed by atoms with E-state index < -0.39 is 0 Å². The molecule has 0 radical (unpaired) electrons. The second-order valence-electron chi connectivity index (χ2n) is 5.00. The third-order valence-electron chi connectivity index (χ3n) is 3.89. The number of likely N-dealkylation sites (tertiary alicyclic amines) is 2. The van der Waals surface area contributed by atoms with Crippen LogP contribution in [0.15, 0.2) is 0 Å². The molecule has 2 fully saturated rings. The monoisotopic (exact) mass is 234 g/mol. The van der Waals surface area contributed by atoms with Gasteiger partial charge < -0.3 is 9.80 Å². The molecule has 0 N–H and O–H groups in total. The Morgan fingerprint density at radius 1 is 1.06 bits per heavy atom. The minimum absolute atomic E-state index is 0.00425. The topological polar surface area (TPSA) is 23.6 Å². The minimum atomic E-state index is 0.00425. The van der Waals surface area contributed by atoms with Crippen molar-refractivity contribution in [3.8, 4) is 11.8 Å². The third kappa shape index (κ3) is 3.23. The van der Waals surface area contributed by atoms with Gasteiger partial charge in [-0.25, -0.2) is 0 Å². The molecule has 1 amide bonds. The summed E-state index contributed by atoms with van der Waals surface area (Å²) in [6, 6.07) is 0.703. The maximum Gasteiger partial charge on any atom is 0.298 e. The van der Waals surface area contributed by atoms with Crippen molar-refractivity contribution >= 4 is 5.91 Å². The molecule has 2 saturated heterocycles. The van der Waals surface area contributed by atoms with Gasteiger partial charge in [-0.05, 0) is 51.6 Å². The molecule has 2 heterocycles. The summed E-state index contributed by atoms with van der Waals surface area (Å²) in [5.74, 6) is 5.32. The predicted octanol–water partition coefficient (Wildman–Crippen LogP) is 1.49. The highest BCUT2D eigenvalue weighted by atomic mass is 16.2. The fraction of sp³-hybridized carbons (Fsp3) is 0.786. The van der Waals surface area contributed by atoms with Gasteiger partial charge in [0.1, 0.15) is 0 Å². The van der Waals surface area contributed by atoms with Crippen molar-refractivity contribution in [2.24, 2.45) is 0 Å². The van der Waals surface area contributed by atoms with Gasteiger partial charge in [0.05, 0.1) is 0 Å². The maximum absolute atomic E-state index is 11.6. The Hall–Kier alpha value is -1.01. The third-order valence-corrected chi connectivity index (χ3v) is 3.89. The minimum Gasteiger partial charge on any atom is -0.332 e. The maximum atomic E-state index is 11.6. The number of rotatable bonds is 1. The normalized spacial score (nSPS) is 23.0. The fourth-order valence-corrected chi connectivity index (χ4v) is 2.90. The first kappa shape index (κ1) is 12.4. The van der Waals surface area contributed by atoms with Gasteiger partial charge in [0, 0.05) is 19.1 Å². The van der Waals surface area contributed by atoms with Gasteiger partial charge >= 0.3 is 0 Å². The van der Waals surface area contributed by atoms with Crippen LogP contribution in [0.4, 0.5) is 0 Å². The zero-order valence-corrected chi connectivity index (χ0v) is 10.7. The van der Waals surface area contributed by atoms with Crippen LogP contribution in [0.3, 0.4) is 0 Å². The quantitative estimate of drug-likeness (QED) is 0.642. The molecule has 0 atom stereocenters. The van der Waals surface area contributed by atoms with E-state index in [1.165, 1.54) is 32.4 Å². The average molecular weight is 234 g/mol. The predicted molar refractivity (Wildman–Crippen MR) is 68.5 cm³/mol. The molecular formula is C14H22N2O. The van der Waals surface area contributed by atoms with E-state index in [2.05, 4.69) is 16.7 Å². The van der Waals surface area contributed by atoms with Crippen molar-refractivity contribution in [1.82, 2.24) is 9.80 Å². The largest absolute Gasteiger partial charge is 0.332 e. The van der Waals surface area contributed by atoms with Crippen molar-refractivity contribution in [3.05, 3.63) is 0 Å². The lowest BCUT2D eigenvalue weighted by Crippen LogP contribution is -2.47. The summed E-state index contributed by atoms with van der Waals surface area (Å²) in [7, 11) is 0. The highest BCUT2D eigenvalue weighted by Crippen LogP contribution is 2.20. The van der Waals surface area contributed by atoms with E-state index in [-0.39, 0.29) is 5.91 Å². The van der Waals surface area contributed by atoms with Gasteiger partial charge in [0.2, 0.25) is 0 Å². The molecule has 2 aliphatic heterocycles. The van der Waals surface area contributed by atoms with Gasteiger partial charge in [-0.1, -0.05) is 12.3 Å². The first-order chi connectivity index (χ1) is 8.31. The van der Waals surface area contributed by atoms with Crippen LogP contribution in [0.5, 0.6) is 0 Å². The Morgan fingerprint density at radius 2 is 1.71 bits per heavy atom. The summed E-state index contributed by atoms with van der Waals surface area (Å²) >= 11 is 0. The Kier molecular flexibility index (Phi) is 4.44. The zero-order chi connectivity index (χ0) is 12.1. The number of nitrogens with zero attached hydrogens (tertiary/aromatic N) is 2. The zero-order valence-electron chi connectivity index (χ0n) is 10.7. The Balaban J connectivity index is 1.80. The van der Waals surface area contributed by atoms with Crippen LogP contribution in [-0.2, 0) is 4.79 Å². The molecule has 3 heteroatoms. The SMILES string of the molecule is CC#CC(=O)N1CCC(N2CCCCC2)CC1. The first-order valence-corrected chi connectivity index (χ1v) is 6.77. The highest BCUT2D eigenvalue weighted by molar-refractivity contribution is 5.93. The number of amides is 1. The molecular weight excluding hydrogens is 212 g/mol. The number of hydrogen-bond donors (Lipinski definition) is 0. The van der Waals surface area contributed by atoms with Crippen molar-refractivity contribution in [2.45, 2.75) is 45.1 Å². The molecule has 0 aromatic heterocycles. The lowest BCUT2D eigenvalue weighted by Gasteiger charge is -2.39. The lowest BCUT2D eigenvalue weighted by atomic mass is 10.00. The molecule has 0 spiro atoms. The standard InChI is InChI=1S/C14H22N2O/c1-2-6-14(17)16-11-7-13(8-12-16)15-9-4-3-5-10-15/h13H,3-5,7-12H2,1H3. The van der Waals surface area contributed by atoms with E-state index in [0.29, 0.717) is 6.04 Å². The number of hydrogen-bond acceptors (Lipinski definition) is 2. The van der Waals surface area contributed by atoms with Gasteiger partial charge in [0.25, 0.3) is 5.91 Å². The second-order valence-corrected chi connectivity index (χ2v) is 5.00. The molecule has 0 aromatic carbocycles. The van der Waals surface area contributed by atoms with Gasteiger partial charge in [-0.15, -0.1) is 0 Å². The molecule has 0 aromatic rings. The summed E-state index contributed by atoms with van der Waals surface area (Å²) < 4.78 is 0. The highest BCUT2D eigenvalue weighted by Gasteiger charge is 2.26. The van der Waals surface area contributed by atoms with E-state index in [4.69, 9.17) is 0 Å². The number of carbonyl (C=O) groups excluding carboxylic acids is 1. The smallest absolute Gasteiger partial charge is 0.298 e. The van der Waals surface area contributed by atoms with Crippen LogP contribution in [0, 0.1) is 11.8 Å². The molecule has 2 rings (SSSR count). The molecule has 3 nitrogen and oxygen atoms in total. The van der Waals surface area contributed by atoms with Gasteiger partial charge in [-0.3, -0.25) is 4.79 Å². The van der Waals surface area contributed by atoms with E-state index in [9.17, 15) is 4.79 Å². The van der Waals surface area contributed by atoms with Crippen molar-refractivity contribution < 1.29 is 4.79 Å². The van der Waals surface area contributed by atoms with Crippen molar-refractivity contribution in [1.29, 1.82) is 0 Å². The van der Waals surface area contributed by atoms with Crippen LogP contribution < -0.4 is 0 Å². The Bertz CT molecular complexity index is 315. The second kappa shape index (κ2) is 6.07. The van der Waals surface area contributed by atoms with Crippen LogP contribution in [0.2, 0.25) is 0 Å². The van der Waals surface area contributed by atoms with Gasteiger partial charge in [0.15, 0.2) is 0 Å². The Labute approximate surface area is 104 Å². The summed E-state index contributed by atoms with van der Waals surface area (Å²) in [5, 5.41) is 0. The number of piperidine rings is 2. The van der Waals surface area contributed by atoms with Crippen LogP contribution >= 0.6 is 0 Å².